The third kappa shape index (κ3) is 4.81. The summed E-state index contributed by atoms with van der Waals surface area (Å²) in [4.78, 5) is 43.0. The minimum absolute atomic E-state index is 0.0319. The van der Waals surface area contributed by atoms with Crippen molar-refractivity contribution in [2.24, 2.45) is 13.0 Å². The maximum absolute atomic E-state index is 12.9. The Bertz CT molecular complexity index is 961. The molecule has 1 saturated heterocycles. The summed E-state index contributed by atoms with van der Waals surface area (Å²) in [6, 6.07) is 5.30. The maximum Gasteiger partial charge on any atom is 0.410 e. The van der Waals surface area contributed by atoms with Gasteiger partial charge in [0.1, 0.15) is 5.60 Å². The largest absolute Gasteiger partial charge is 0.444 e. The average Bonchev–Trinajstić information content (AvgIpc) is 2.94. The Kier molecular flexibility index (Phi) is 5.73. The number of hydrogen-bond acceptors (Lipinski definition) is 4. The number of nitrogens with one attached hydrogen (secondary N) is 1. The number of hydrogen-bond donors (Lipinski definition) is 1. The molecule has 1 aromatic heterocycles. The minimum atomic E-state index is -0.509. The summed E-state index contributed by atoms with van der Waals surface area (Å²) in [5, 5.41) is 0. The monoisotopic (exact) mass is 402 g/mol. The van der Waals surface area contributed by atoms with Crippen molar-refractivity contribution >= 4 is 23.0 Å². The van der Waals surface area contributed by atoms with E-state index in [0.717, 1.165) is 18.4 Å². The summed E-state index contributed by atoms with van der Waals surface area (Å²) in [7, 11) is 3.45. The quantitative estimate of drug-likeness (QED) is 0.855. The van der Waals surface area contributed by atoms with Crippen LogP contribution in [0.15, 0.2) is 23.0 Å². The number of carbonyl (C=O) groups is 2. The fourth-order valence-corrected chi connectivity index (χ4v) is 3.67. The summed E-state index contributed by atoms with van der Waals surface area (Å²) in [6.45, 7) is 7.47. The van der Waals surface area contributed by atoms with Gasteiger partial charge in [-0.05, 0) is 57.7 Å². The number of imidazole rings is 1. The van der Waals surface area contributed by atoms with Gasteiger partial charge in [-0.2, -0.15) is 0 Å². The molecular formula is C21H30N4O4. The van der Waals surface area contributed by atoms with Crippen molar-refractivity contribution in [3.63, 3.8) is 0 Å². The van der Waals surface area contributed by atoms with Crippen LogP contribution in [0.4, 0.5) is 4.79 Å². The molecule has 0 aliphatic carbocycles. The molecule has 0 unspecified atom stereocenters. The van der Waals surface area contributed by atoms with Crippen LogP contribution in [-0.2, 0) is 11.8 Å². The predicted octanol–water partition coefficient (Wildman–Crippen LogP) is 2.59. The smallest absolute Gasteiger partial charge is 0.410 e. The van der Waals surface area contributed by atoms with Crippen LogP contribution in [0.5, 0.6) is 0 Å². The molecule has 0 atom stereocenters. The van der Waals surface area contributed by atoms with Gasteiger partial charge >= 0.3 is 11.8 Å². The number of likely N-dealkylation sites (tertiary alicyclic amines) is 1. The Morgan fingerprint density at radius 3 is 2.52 bits per heavy atom. The third-order valence-corrected chi connectivity index (χ3v) is 5.29. The molecule has 1 aliphatic heterocycles. The first-order valence-corrected chi connectivity index (χ1v) is 9.97. The molecule has 3 rings (SSSR count). The molecule has 2 amide bonds. The molecule has 1 aromatic carbocycles. The van der Waals surface area contributed by atoms with Crippen LogP contribution >= 0.6 is 0 Å². The van der Waals surface area contributed by atoms with Gasteiger partial charge in [0.2, 0.25) is 0 Å². The molecule has 1 aliphatic rings. The van der Waals surface area contributed by atoms with Crippen molar-refractivity contribution in [3.8, 4) is 0 Å². The highest BCUT2D eigenvalue weighted by molar-refractivity contribution is 5.97. The summed E-state index contributed by atoms with van der Waals surface area (Å²) in [5.41, 5.74) is 1.31. The van der Waals surface area contributed by atoms with Crippen LogP contribution in [0.2, 0.25) is 0 Å². The van der Waals surface area contributed by atoms with Crippen LogP contribution in [0.1, 0.15) is 44.0 Å². The Morgan fingerprint density at radius 1 is 1.24 bits per heavy atom. The molecule has 0 bridgehead atoms. The van der Waals surface area contributed by atoms with Gasteiger partial charge in [-0.3, -0.25) is 9.36 Å². The number of aryl methyl sites for hydroxylation is 1. The molecular weight excluding hydrogens is 372 g/mol. The molecule has 8 heteroatoms. The lowest BCUT2D eigenvalue weighted by Crippen LogP contribution is -2.43. The second-order valence-electron chi connectivity index (χ2n) is 8.82. The first-order chi connectivity index (χ1) is 13.5. The van der Waals surface area contributed by atoms with Crippen molar-refractivity contribution in [1.82, 2.24) is 19.4 Å². The van der Waals surface area contributed by atoms with Crippen molar-refractivity contribution in [2.75, 3.05) is 26.7 Å². The molecule has 1 N–H and O–H groups in total. The van der Waals surface area contributed by atoms with Gasteiger partial charge in [0.05, 0.1) is 11.0 Å². The normalized spacial score (nSPS) is 15.6. The van der Waals surface area contributed by atoms with E-state index < -0.39 is 5.60 Å². The van der Waals surface area contributed by atoms with Crippen LogP contribution in [0, 0.1) is 5.92 Å². The molecule has 0 radical (unpaired) electrons. The fraction of sp³-hybridized carbons (Fsp3) is 0.571. The number of benzene rings is 1. The number of nitrogens with zero attached hydrogens (tertiary/aromatic N) is 3. The Labute approximate surface area is 170 Å². The number of aromatic amines is 1. The van der Waals surface area contributed by atoms with Crippen molar-refractivity contribution in [3.05, 3.63) is 34.2 Å². The third-order valence-electron chi connectivity index (χ3n) is 5.29. The van der Waals surface area contributed by atoms with Gasteiger partial charge in [-0.25, -0.2) is 9.59 Å². The van der Waals surface area contributed by atoms with Gasteiger partial charge in [0, 0.05) is 39.3 Å². The Hall–Kier alpha value is -2.77. The summed E-state index contributed by atoms with van der Waals surface area (Å²) in [6.07, 6.45) is 1.35. The van der Waals surface area contributed by atoms with E-state index >= 15 is 0 Å². The first kappa shape index (κ1) is 21.0. The van der Waals surface area contributed by atoms with Gasteiger partial charge in [0.15, 0.2) is 0 Å². The van der Waals surface area contributed by atoms with Gasteiger partial charge < -0.3 is 19.5 Å². The topological polar surface area (TPSA) is 87.6 Å². The van der Waals surface area contributed by atoms with Crippen LogP contribution in [-0.4, -0.2) is 63.6 Å². The highest BCUT2D eigenvalue weighted by Crippen LogP contribution is 2.22. The van der Waals surface area contributed by atoms with Gasteiger partial charge in [-0.1, -0.05) is 0 Å². The number of amides is 2. The van der Waals surface area contributed by atoms with E-state index in [0.29, 0.717) is 36.6 Å². The summed E-state index contributed by atoms with van der Waals surface area (Å²) in [5.74, 6) is 0.306. The van der Waals surface area contributed by atoms with Crippen LogP contribution in [0.25, 0.3) is 11.0 Å². The highest BCUT2D eigenvalue weighted by Gasteiger charge is 2.27. The molecule has 0 saturated carbocycles. The maximum atomic E-state index is 12.9. The highest BCUT2D eigenvalue weighted by atomic mass is 16.6. The van der Waals surface area contributed by atoms with Crippen LogP contribution in [0.3, 0.4) is 0 Å². The second kappa shape index (κ2) is 7.93. The lowest BCUT2D eigenvalue weighted by atomic mass is 9.96. The average molecular weight is 402 g/mol. The number of H-pyrrole nitrogens is 1. The molecule has 158 valence electrons. The molecule has 0 spiro atoms. The van der Waals surface area contributed by atoms with E-state index in [1.54, 1.807) is 37.2 Å². The lowest BCUT2D eigenvalue weighted by molar-refractivity contribution is 0.0246. The number of ether oxygens (including phenoxy) is 1. The number of carbonyl (C=O) groups excluding carboxylic acids is 2. The van der Waals surface area contributed by atoms with E-state index in [1.807, 2.05) is 25.7 Å². The first-order valence-electron chi connectivity index (χ1n) is 9.97. The molecule has 2 heterocycles. The van der Waals surface area contributed by atoms with E-state index in [4.69, 9.17) is 4.74 Å². The molecule has 1 fully saturated rings. The Morgan fingerprint density at radius 2 is 1.90 bits per heavy atom. The van der Waals surface area contributed by atoms with E-state index in [9.17, 15) is 14.4 Å². The summed E-state index contributed by atoms with van der Waals surface area (Å²) < 4.78 is 6.92. The number of piperidine rings is 1. The Balaban J connectivity index is 1.57. The number of aromatic nitrogens is 2. The zero-order valence-corrected chi connectivity index (χ0v) is 17.8. The lowest BCUT2D eigenvalue weighted by Gasteiger charge is -2.34. The molecule has 29 heavy (non-hydrogen) atoms. The summed E-state index contributed by atoms with van der Waals surface area (Å²) >= 11 is 0. The van der Waals surface area contributed by atoms with Crippen molar-refractivity contribution in [1.29, 1.82) is 0 Å². The van der Waals surface area contributed by atoms with Gasteiger partial charge in [0.25, 0.3) is 5.91 Å². The molecule has 8 nitrogen and oxygen atoms in total. The standard InChI is InChI=1S/C21H30N4O4/c1-21(2,3)29-20(28)23(4)13-14-8-10-25(11-9-14)18(26)15-6-7-17-16(12-15)22-19(27)24(17)5/h6-7,12,14H,8-11,13H2,1-5H3,(H,22,27). The minimum Gasteiger partial charge on any atom is -0.444 e. The van der Waals surface area contributed by atoms with Gasteiger partial charge in [-0.15, -0.1) is 0 Å². The predicted molar refractivity (Wildman–Crippen MR) is 111 cm³/mol. The fourth-order valence-electron chi connectivity index (χ4n) is 3.67. The second-order valence-corrected chi connectivity index (χ2v) is 8.82. The van der Waals surface area contributed by atoms with Crippen LogP contribution < -0.4 is 5.69 Å². The van der Waals surface area contributed by atoms with Crippen molar-refractivity contribution in [2.45, 2.75) is 39.2 Å². The van der Waals surface area contributed by atoms with E-state index in [1.165, 1.54) is 4.57 Å². The SMILES string of the molecule is CN(CC1CCN(C(=O)c2ccc3c(c2)[nH]c(=O)n3C)CC1)C(=O)OC(C)(C)C. The number of fused-ring (bicyclic) bond motifs is 1. The zero-order valence-electron chi connectivity index (χ0n) is 17.8. The van der Waals surface area contributed by atoms with Crippen molar-refractivity contribution < 1.29 is 14.3 Å². The molecule has 2 aromatic rings. The number of rotatable bonds is 3. The van der Waals surface area contributed by atoms with E-state index in [-0.39, 0.29) is 17.7 Å². The zero-order chi connectivity index (χ0) is 21.3. The van der Waals surface area contributed by atoms with E-state index in [2.05, 4.69) is 4.98 Å².